The van der Waals surface area contributed by atoms with E-state index in [9.17, 15) is 14.4 Å². The number of nitrogens with one attached hydrogen (secondary N) is 2. The third kappa shape index (κ3) is 5.31. The summed E-state index contributed by atoms with van der Waals surface area (Å²) in [6, 6.07) is 13.7. The van der Waals surface area contributed by atoms with Gasteiger partial charge in [0, 0.05) is 34.3 Å². The third-order valence-corrected chi connectivity index (χ3v) is 3.83. The van der Waals surface area contributed by atoms with Crippen molar-refractivity contribution in [2.24, 2.45) is 0 Å². The van der Waals surface area contributed by atoms with Crippen LogP contribution in [0.1, 0.15) is 34.1 Å². The van der Waals surface area contributed by atoms with Gasteiger partial charge in [-0.1, -0.05) is 28.1 Å². The fraction of sp³-hybridized carbons (Fsp3) is 0.167. The minimum absolute atomic E-state index is 0.0622. The van der Waals surface area contributed by atoms with Gasteiger partial charge in [0.05, 0.1) is 0 Å². The van der Waals surface area contributed by atoms with Gasteiger partial charge in [-0.05, 0) is 43.3 Å². The quantitative estimate of drug-likeness (QED) is 0.744. The molecule has 0 aliphatic heterocycles. The first kappa shape index (κ1) is 17.9. The Labute approximate surface area is 148 Å². The first-order chi connectivity index (χ1) is 11.5. The van der Waals surface area contributed by atoms with E-state index in [0.717, 1.165) is 4.47 Å². The maximum Gasteiger partial charge on any atom is 0.251 e. The van der Waals surface area contributed by atoms with Crippen LogP contribution in [0.2, 0.25) is 0 Å². The highest BCUT2D eigenvalue weighted by molar-refractivity contribution is 9.10. The van der Waals surface area contributed by atoms with Crippen LogP contribution < -0.4 is 10.6 Å². The number of Topliss-reactive ketones (excluding diaryl/α,β-unsaturated/α-hetero) is 1. The molecule has 0 saturated heterocycles. The van der Waals surface area contributed by atoms with Gasteiger partial charge < -0.3 is 10.6 Å². The van der Waals surface area contributed by atoms with Crippen LogP contribution in [0.4, 0.5) is 5.69 Å². The van der Waals surface area contributed by atoms with Crippen molar-refractivity contribution in [1.29, 1.82) is 0 Å². The van der Waals surface area contributed by atoms with Crippen LogP contribution in [-0.2, 0) is 4.79 Å². The molecule has 0 saturated carbocycles. The number of carbonyl (C=O) groups excluding carboxylic acids is 3. The number of ketones is 1. The lowest BCUT2D eigenvalue weighted by atomic mass is 10.1. The van der Waals surface area contributed by atoms with Gasteiger partial charge in [-0.3, -0.25) is 14.4 Å². The Morgan fingerprint density at radius 2 is 1.71 bits per heavy atom. The van der Waals surface area contributed by atoms with Crippen LogP contribution in [0.25, 0.3) is 0 Å². The molecule has 2 aromatic rings. The maximum absolute atomic E-state index is 11.9. The number of anilines is 1. The van der Waals surface area contributed by atoms with E-state index >= 15 is 0 Å². The van der Waals surface area contributed by atoms with Crippen LogP contribution in [-0.4, -0.2) is 24.1 Å². The van der Waals surface area contributed by atoms with E-state index in [0.29, 0.717) is 16.8 Å². The van der Waals surface area contributed by atoms with E-state index in [1.165, 1.54) is 6.92 Å². The van der Waals surface area contributed by atoms with Gasteiger partial charge >= 0.3 is 0 Å². The molecule has 0 heterocycles. The largest absolute Gasteiger partial charge is 0.352 e. The molecule has 0 aromatic heterocycles. The summed E-state index contributed by atoms with van der Waals surface area (Å²) in [5.41, 5.74) is 1.64. The standard InChI is InChI=1S/C18H17BrN2O3/c1-12(22)14-3-2-4-16(11-14)21-17(23)9-10-20-18(24)13-5-7-15(19)8-6-13/h2-8,11H,9-10H2,1H3,(H,20,24)(H,21,23). The molecule has 2 aromatic carbocycles. The highest BCUT2D eigenvalue weighted by Crippen LogP contribution is 2.12. The maximum atomic E-state index is 11.9. The molecule has 124 valence electrons. The second-order valence-corrected chi connectivity index (χ2v) is 6.11. The normalized spacial score (nSPS) is 10.1. The molecule has 0 unspecified atom stereocenters. The molecule has 0 aliphatic carbocycles. The number of benzene rings is 2. The first-order valence-corrected chi connectivity index (χ1v) is 8.19. The minimum Gasteiger partial charge on any atom is -0.352 e. The second kappa shape index (κ2) is 8.40. The zero-order valence-electron chi connectivity index (χ0n) is 13.1. The summed E-state index contributed by atoms with van der Waals surface area (Å²) in [7, 11) is 0. The molecular formula is C18H17BrN2O3. The third-order valence-electron chi connectivity index (χ3n) is 3.30. The molecule has 5 nitrogen and oxygen atoms in total. The van der Waals surface area contributed by atoms with Crippen molar-refractivity contribution < 1.29 is 14.4 Å². The van der Waals surface area contributed by atoms with E-state index in [1.807, 2.05) is 0 Å². The van der Waals surface area contributed by atoms with Gasteiger partial charge in [0.2, 0.25) is 5.91 Å². The fourth-order valence-electron chi connectivity index (χ4n) is 2.03. The van der Waals surface area contributed by atoms with Crippen molar-refractivity contribution in [2.45, 2.75) is 13.3 Å². The lowest BCUT2D eigenvalue weighted by molar-refractivity contribution is -0.116. The van der Waals surface area contributed by atoms with Gasteiger partial charge in [-0.25, -0.2) is 0 Å². The molecular weight excluding hydrogens is 372 g/mol. The molecule has 6 heteroatoms. The molecule has 0 radical (unpaired) electrons. The van der Waals surface area contributed by atoms with Gasteiger partial charge in [0.25, 0.3) is 5.91 Å². The fourth-order valence-corrected chi connectivity index (χ4v) is 2.30. The Kier molecular flexibility index (Phi) is 6.26. The SMILES string of the molecule is CC(=O)c1cccc(NC(=O)CCNC(=O)c2ccc(Br)cc2)c1. The number of hydrogen-bond donors (Lipinski definition) is 2. The summed E-state index contributed by atoms with van der Waals surface area (Å²) in [6.45, 7) is 1.70. The Balaban J connectivity index is 1.81. The van der Waals surface area contributed by atoms with Crippen LogP contribution in [0.5, 0.6) is 0 Å². The van der Waals surface area contributed by atoms with E-state index < -0.39 is 0 Å². The highest BCUT2D eigenvalue weighted by Gasteiger charge is 2.08. The lowest BCUT2D eigenvalue weighted by Crippen LogP contribution is -2.27. The zero-order valence-corrected chi connectivity index (χ0v) is 14.7. The van der Waals surface area contributed by atoms with Gasteiger partial charge in [-0.15, -0.1) is 0 Å². The van der Waals surface area contributed by atoms with Crippen LogP contribution >= 0.6 is 15.9 Å². The summed E-state index contributed by atoms with van der Waals surface area (Å²) >= 11 is 3.31. The van der Waals surface area contributed by atoms with Crippen molar-refractivity contribution in [3.63, 3.8) is 0 Å². The highest BCUT2D eigenvalue weighted by atomic mass is 79.9. The molecule has 0 spiro atoms. The van der Waals surface area contributed by atoms with Crippen molar-refractivity contribution >= 4 is 39.2 Å². The molecule has 2 rings (SSSR count). The second-order valence-electron chi connectivity index (χ2n) is 5.20. The van der Waals surface area contributed by atoms with E-state index in [4.69, 9.17) is 0 Å². The summed E-state index contributed by atoms with van der Waals surface area (Å²) in [4.78, 5) is 35.1. The predicted octanol–water partition coefficient (Wildman–Crippen LogP) is 3.41. The van der Waals surface area contributed by atoms with Crippen molar-refractivity contribution in [3.8, 4) is 0 Å². The zero-order chi connectivity index (χ0) is 17.5. The molecule has 2 N–H and O–H groups in total. The van der Waals surface area contributed by atoms with Gasteiger partial charge in [0.15, 0.2) is 5.78 Å². The molecule has 2 amide bonds. The summed E-state index contributed by atoms with van der Waals surface area (Å²) in [6.07, 6.45) is 0.145. The molecule has 0 aliphatic rings. The average Bonchev–Trinajstić information content (AvgIpc) is 2.55. The van der Waals surface area contributed by atoms with Crippen LogP contribution in [0.15, 0.2) is 53.0 Å². The lowest BCUT2D eigenvalue weighted by Gasteiger charge is -2.08. The van der Waals surface area contributed by atoms with Crippen molar-refractivity contribution in [3.05, 3.63) is 64.1 Å². The van der Waals surface area contributed by atoms with Gasteiger partial charge in [0.1, 0.15) is 0 Å². The first-order valence-electron chi connectivity index (χ1n) is 7.40. The Hall–Kier alpha value is -2.47. The Morgan fingerprint density at radius 3 is 2.38 bits per heavy atom. The molecule has 0 atom stereocenters. The summed E-state index contributed by atoms with van der Waals surface area (Å²) in [5, 5.41) is 5.41. The molecule has 24 heavy (non-hydrogen) atoms. The van der Waals surface area contributed by atoms with E-state index in [-0.39, 0.29) is 30.6 Å². The number of rotatable bonds is 6. The van der Waals surface area contributed by atoms with Crippen molar-refractivity contribution in [2.75, 3.05) is 11.9 Å². The van der Waals surface area contributed by atoms with E-state index in [2.05, 4.69) is 26.6 Å². The smallest absolute Gasteiger partial charge is 0.251 e. The number of hydrogen-bond acceptors (Lipinski definition) is 3. The van der Waals surface area contributed by atoms with Crippen LogP contribution in [0, 0.1) is 0 Å². The monoisotopic (exact) mass is 388 g/mol. The van der Waals surface area contributed by atoms with E-state index in [1.54, 1.807) is 48.5 Å². The van der Waals surface area contributed by atoms with Gasteiger partial charge in [-0.2, -0.15) is 0 Å². The number of halogens is 1. The Morgan fingerprint density at radius 1 is 1.00 bits per heavy atom. The minimum atomic E-state index is -0.230. The van der Waals surface area contributed by atoms with Crippen molar-refractivity contribution in [1.82, 2.24) is 5.32 Å². The summed E-state index contributed by atoms with van der Waals surface area (Å²) in [5.74, 6) is -0.520. The van der Waals surface area contributed by atoms with Crippen LogP contribution in [0.3, 0.4) is 0 Å². The topological polar surface area (TPSA) is 75.3 Å². The summed E-state index contributed by atoms with van der Waals surface area (Å²) < 4.78 is 0.895. The molecule has 0 fully saturated rings. The molecule has 0 bridgehead atoms. The number of amides is 2. The number of carbonyl (C=O) groups is 3. The predicted molar refractivity (Wildman–Crippen MR) is 96.2 cm³/mol. The Bertz CT molecular complexity index is 757. The average molecular weight is 389 g/mol.